The van der Waals surface area contributed by atoms with Crippen molar-refractivity contribution in [2.45, 2.75) is 37.2 Å². The summed E-state index contributed by atoms with van der Waals surface area (Å²) in [6.45, 7) is 1.88. The van der Waals surface area contributed by atoms with E-state index in [4.69, 9.17) is 4.18 Å². The molecule has 5 nitrogen and oxygen atoms in total. The molecule has 0 aromatic heterocycles. The van der Waals surface area contributed by atoms with Crippen molar-refractivity contribution >= 4 is 20.0 Å². The van der Waals surface area contributed by atoms with Crippen LogP contribution in [-0.2, 0) is 24.1 Å². The molecule has 1 aromatic carbocycles. The van der Waals surface area contributed by atoms with Gasteiger partial charge in [-0.05, 0) is 44.2 Å². The number of benzene rings is 1. The maximum atomic E-state index is 12.1. The minimum absolute atomic E-state index is 0.148. The maximum absolute atomic E-state index is 12.1. The molecular weight excluding hydrogens is 312 g/mol. The van der Waals surface area contributed by atoms with Crippen LogP contribution in [0.5, 0.6) is 0 Å². The van der Waals surface area contributed by atoms with E-state index < -0.39 is 20.0 Å². The Morgan fingerprint density at radius 3 is 2.19 bits per heavy atom. The third-order valence-corrected chi connectivity index (χ3v) is 6.01. The molecule has 1 saturated carbocycles. The monoisotopic (exact) mass is 332 g/mol. The summed E-state index contributed by atoms with van der Waals surface area (Å²) >= 11 is 0. The molecule has 2 rings (SSSR count). The molecular formula is C14H20O5S2. The molecule has 0 aliphatic heterocycles. The van der Waals surface area contributed by atoms with Crippen LogP contribution in [0.25, 0.3) is 0 Å². The van der Waals surface area contributed by atoms with Gasteiger partial charge >= 0.3 is 0 Å². The van der Waals surface area contributed by atoms with Crippen molar-refractivity contribution in [1.29, 1.82) is 0 Å². The smallest absolute Gasteiger partial charge is 0.263 e. The van der Waals surface area contributed by atoms with Crippen molar-refractivity contribution in [3.8, 4) is 0 Å². The largest absolute Gasteiger partial charge is 0.297 e. The van der Waals surface area contributed by atoms with Crippen molar-refractivity contribution in [3.63, 3.8) is 0 Å². The summed E-state index contributed by atoms with van der Waals surface area (Å²) in [5.41, 5.74) is 0.985. The van der Waals surface area contributed by atoms with Gasteiger partial charge in [0.1, 0.15) is 9.84 Å². The zero-order valence-corrected chi connectivity index (χ0v) is 13.8. The summed E-state index contributed by atoms with van der Waals surface area (Å²) in [5.74, 6) is 0.382. The third kappa shape index (κ3) is 4.79. The SMILES string of the molecule is Cc1ccc(S(=O)(=O)OC2CC(CCS(C)(=O)=O)C2)cc1. The number of hydrogen-bond acceptors (Lipinski definition) is 5. The predicted molar refractivity (Wildman–Crippen MR) is 80.3 cm³/mol. The van der Waals surface area contributed by atoms with Gasteiger partial charge in [0.25, 0.3) is 10.1 Å². The van der Waals surface area contributed by atoms with Crippen LogP contribution in [0.1, 0.15) is 24.8 Å². The number of rotatable bonds is 6. The Morgan fingerprint density at radius 1 is 1.10 bits per heavy atom. The predicted octanol–water partition coefficient (Wildman–Crippen LogP) is 1.91. The van der Waals surface area contributed by atoms with Gasteiger partial charge in [0, 0.05) is 6.26 Å². The minimum Gasteiger partial charge on any atom is -0.263 e. The fourth-order valence-corrected chi connectivity index (χ4v) is 4.17. The molecule has 21 heavy (non-hydrogen) atoms. The van der Waals surface area contributed by atoms with Gasteiger partial charge in [0.15, 0.2) is 0 Å². The molecule has 0 unspecified atom stereocenters. The Morgan fingerprint density at radius 2 is 1.67 bits per heavy atom. The van der Waals surface area contributed by atoms with Crippen molar-refractivity contribution in [2.24, 2.45) is 5.92 Å². The van der Waals surface area contributed by atoms with Crippen molar-refractivity contribution in [1.82, 2.24) is 0 Å². The van der Waals surface area contributed by atoms with Crippen molar-refractivity contribution in [2.75, 3.05) is 12.0 Å². The molecule has 0 spiro atoms. The molecule has 1 fully saturated rings. The Labute approximate surface area is 126 Å². The minimum atomic E-state index is -3.72. The highest BCUT2D eigenvalue weighted by atomic mass is 32.2. The molecule has 1 aliphatic carbocycles. The van der Waals surface area contributed by atoms with Gasteiger partial charge in [-0.25, -0.2) is 8.42 Å². The van der Waals surface area contributed by atoms with E-state index in [0.29, 0.717) is 19.3 Å². The van der Waals surface area contributed by atoms with Gasteiger partial charge < -0.3 is 0 Å². The Hall–Kier alpha value is -0.920. The zero-order chi connectivity index (χ0) is 15.7. The summed E-state index contributed by atoms with van der Waals surface area (Å²) < 4.78 is 51.4. The summed E-state index contributed by atoms with van der Waals surface area (Å²) in [6.07, 6.45) is 2.65. The molecule has 0 bridgehead atoms. The van der Waals surface area contributed by atoms with Gasteiger partial charge in [0.05, 0.1) is 16.8 Å². The highest BCUT2D eigenvalue weighted by Gasteiger charge is 2.34. The summed E-state index contributed by atoms with van der Waals surface area (Å²) in [7, 11) is -6.68. The van der Waals surface area contributed by atoms with Crippen LogP contribution < -0.4 is 0 Å². The topological polar surface area (TPSA) is 77.5 Å². The Balaban J connectivity index is 1.85. The van der Waals surface area contributed by atoms with E-state index >= 15 is 0 Å². The first-order chi connectivity index (χ1) is 9.66. The molecule has 0 atom stereocenters. The zero-order valence-electron chi connectivity index (χ0n) is 12.2. The normalized spacial score (nSPS) is 22.8. The lowest BCUT2D eigenvalue weighted by atomic mass is 9.81. The van der Waals surface area contributed by atoms with Gasteiger partial charge in [-0.2, -0.15) is 8.42 Å². The second-order valence-corrected chi connectivity index (χ2v) is 9.57. The molecule has 1 aliphatic rings. The standard InChI is InChI=1S/C14H20O5S2/c1-11-3-5-14(6-4-11)21(17,18)19-13-9-12(10-13)7-8-20(2,15)16/h3-6,12-13H,7-10H2,1-2H3. The van der Waals surface area contributed by atoms with Crippen LogP contribution >= 0.6 is 0 Å². The van der Waals surface area contributed by atoms with E-state index in [1.165, 1.54) is 18.4 Å². The lowest BCUT2D eigenvalue weighted by Crippen LogP contribution is -2.34. The third-order valence-electron chi connectivity index (χ3n) is 3.66. The van der Waals surface area contributed by atoms with E-state index in [1.807, 2.05) is 6.92 Å². The molecule has 0 saturated heterocycles. The van der Waals surface area contributed by atoms with Crippen LogP contribution in [0.15, 0.2) is 29.2 Å². The van der Waals surface area contributed by atoms with Crippen molar-refractivity contribution in [3.05, 3.63) is 29.8 Å². The fourth-order valence-electron chi connectivity index (χ4n) is 2.31. The number of hydrogen-bond donors (Lipinski definition) is 0. The molecule has 0 amide bonds. The first-order valence-electron chi connectivity index (χ1n) is 6.83. The van der Waals surface area contributed by atoms with Gasteiger partial charge in [0.2, 0.25) is 0 Å². The summed E-state index contributed by atoms with van der Waals surface area (Å²) in [6, 6.07) is 6.52. The van der Waals surface area contributed by atoms with Crippen LogP contribution in [0.4, 0.5) is 0 Å². The molecule has 118 valence electrons. The van der Waals surface area contributed by atoms with Crippen LogP contribution in [0.2, 0.25) is 0 Å². The van der Waals surface area contributed by atoms with Crippen molar-refractivity contribution < 1.29 is 21.0 Å². The second-order valence-electron chi connectivity index (χ2n) is 5.74. The summed E-state index contributed by atoms with van der Waals surface area (Å²) in [5, 5.41) is 0. The first-order valence-corrected chi connectivity index (χ1v) is 10.3. The molecule has 0 N–H and O–H groups in total. The maximum Gasteiger partial charge on any atom is 0.297 e. The fraction of sp³-hybridized carbons (Fsp3) is 0.571. The van der Waals surface area contributed by atoms with Crippen LogP contribution in [0.3, 0.4) is 0 Å². The first kappa shape index (κ1) is 16.5. The number of sulfone groups is 1. The quantitative estimate of drug-likeness (QED) is 0.744. The lowest BCUT2D eigenvalue weighted by Gasteiger charge is -2.34. The van der Waals surface area contributed by atoms with E-state index in [1.54, 1.807) is 12.1 Å². The average Bonchev–Trinajstić information content (AvgIpc) is 2.31. The molecule has 7 heteroatoms. The van der Waals surface area contributed by atoms with Crippen LogP contribution in [-0.4, -0.2) is 34.9 Å². The second kappa shape index (κ2) is 6.06. The van der Waals surface area contributed by atoms with E-state index in [-0.39, 0.29) is 22.7 Å². The molecule has 0 radical (unpaired) electrons. The average molecular weight is 332 g/mol. The van der Waals surface area contributed by atoms with E-state index in [2.05, 4.69) is 0 Å². The highest BCUT2D eigenvalue weighted by molar-refractivity contribution is 7.90. The summed E-state index contributed by atoms with van der Waals surface area (Å²) in [4.78, 5) is 0.160. The van der Waals surface area contributed by atoms with Gasteiger partial charge in [-0.15, -0.1) is 0 Å². The lowest BCUT2D eigenvalue weighted by molar-refractivity contribution is 0.0694. The van der Waals surface area contributed by atoms with Gasteiger partial charge in [-0.3, -0.25) is 4.18 Å². The van der Waals surface area contributed by atoms with Crippen LogP contribution in [0, 0.1) is 12.8 Å². The highest BCUT2D eigenvalue weighted by Crippen LogP contribution is 2.35. The molecule has 0 heterocycles. The Kier molecular flexibility index (Phi) is 4.75. The Bertz CT molecular complexity index is 683. The molecule has 1 aromatic rings. The van der Waals surface area contributed by atoms with E-state index in [0.717, 1.165) is 5.56 Å². The number of aryl methyl sites for hydroxylation is 1. The van der Waals surface area contributed by atoms with Gasteiger partial charge in [-0.1, -0.05) is 17.7 Å². The van der Waals surface area contributed by atoms with E-state index in [9.17, 15) is 16.8 Å².